The van der Waals surface area contributed by atoms with Gasteiger partial charge in [-0.15, -0.1) is 0 Å². The molecule has 14 heavy (non-hydrogen) atoms. The zero-order chi connectivity index (χ0) is 10.4. The van der Waals surface area contributed by atoms with Gasteiger partial charge in [0.15, 0.2) is 5.76 Å². The normalized spacial score (nSPS) is 11.1. The van der Waals surface area contributed by atoms with Gasteiger partial charge >= 0.3 is 0 Å². The van der Waals surface area contributed by atoms with Crippen molar-refractivity contribution >= 4 is 0 Å². The molecule has 1 aromatic heterocycles. The van der Waals surface area contributed by atoms with Crippen molar-refractivity contribution in [2.45, 2.75) is 26.7 Å². The molecule has 1 N–H and O–H groups in total. The van der Waals surface area contributed by atoms with Crippen LogP contribution in [0.1, 0.15) is 31.7 Å². The predicted octanol–water partition coefficient (Wildman–Crippen LogP) is 1.84. The van der Waals surface area contributed by atoms with Gasteiger partial charge in [-0.05, 0) is 26.0 Å². The van der Waals surface area contributed by atoms with E-state index in [1.165, 1.54) is 0 Å². The number of hydrogen-bond acceptors (Lipinski definition) is 4. The van der Waals surface area contributed by atoms with Crippen LogP contribution in [0.3, 0.4) is 0 Å². The van der Waals surface area contributed by atoms with E-state index in [-0.39, 0.29) is 6.61 Å². The summed E-state index contributed by atoms with van der Waals surface area (Å²) in [6.45, 7) is 4.79. The first kappa shape index (κ1) is 11.2. The van der Waals surface area contributed by atoms with E-state index in [4.69, 9.17) is 19.0 Å². The van der Waals surface area contributed by atoms with Crippen LogP contribution in [-0.2, 0) is 16.1 Å². The highest BCUT2D eigenvalue weighted by molar-refractivity contribution is 5.07. The second-order valence-electron chi connectivity index (χ2n) is 2.70. The van der Waals surface area contributed by atoms with Crippen LogP contribution in [0.2, 0.25) is 0 Å². The number of ether oxygens (including phenoxy) is 2. The van der Waals surface area contributed by atoms with Gasteiger partial charge in [0.1, 0.15) is 12.4 Å². The summed E-state index contributed by atoms with van der Waals surface area (Å²) in [5.74, 6) is 1.11. The summed E-state index contributed by atoms with van der Waals surface area (Å²) in [5.41, 5.74) is 0. The smallest absolute Gasteiger partial charge is 0.217 e. The Morgan fingerprint density at radius 2 is 1.93 bits per heavy atom. The molecular formula is C10H16O4. The summed E-state index contributed by atoms with van der Waals surface area (Å²) in [6, 6.07) is 3.46. The zero-order valence-electron chi connectivity index (χ0n) is 8.53. The van der Waals surface area contributed by atoms with Crippen molar-refractivity contribution in [2.75, 3.05) is 13.2 Å². The maximum absolute atomic E-state index is 8.82. The summed E-state index contributed by atoms with van der Waals surface area (Å²) in [5, 5.41) is 8.82. The van der Waals surface area contributed by atoms with Crippen molar-refractivity contribution in [1.82, 2.24) is 0 Å². The van der Waals surface area contributed by atoms with Gasteiger partial charge in [0, 0.05) is 13.2 Å². The SMILES string of the molecule is CCOC(OCC)c1ccc(CO)o1. The third-order valence-electron chi connectivity index (χ3n) is 1.71. The molecule has 1 rings (SSSR count). The Kier molecular flexibility index (Phi) is 4.65. The molecule has 0 unspecified atom stereocenters. The van der Waals surface area contributed by atoms with E-state index in [0.29, 0.717) is 24.7 Å². The fourth-order valence-electron chi connectivity index (χ4n) is 1.12. The van der Waals surface area contributed by atoms with Crippen LogP contribution in [0.25, 0.3) is 0 Å². The monoisotopic (exact) mass is 200 g/mol. The minimum Gasteiger partial charge on any atom is -0.458 e. The number of furan rings is 1. The van der Waals surface area contributed by atoms with Gasteiger partial charge < -0.3 is 19.0 Å². The van der Waals surface area contributed by atoms with Gasteiger partial charge in [-0.25, -0.2) is 0 Å². The highest BCUT2D eigenvalue weighted by atomic mass is 16.7. The number of hydrogen-bond donors (Lipinski definition) is 1. The number of rotatable bonds is 6. The lowest BCUT2D eigenvalue weighted by Gasteiger charge is -2.13. The van der Waals surface area contributed by atoms with E-state index in [1.807, 2.05) is 13.8 Å². The van der Waals surface area contributed by atoms with Gasteiger partial charge in [-0.1, -0.05) is 0 Å². The second kappa shape index (κ2) is 5.80. The van der Waals surface area contributed by atoms with Gasteiger partial charge in [0.2, 0.25) is 6.29 Å². The van der Waals surface area contributed by atoms with Gasteiger partial charge in [-0.3, -0.25) is 0 Å². The van der Waals surface area contributed by atoms with Crippen molar-refractivity contribution < 1.29 is 19.0 Å². The highest BCUT2D eigenvalue weighted by Crippen LogP contribution is 2.21. The molecule has 1 heterocycles. The lowest BCUT2D eigenvalue weighted by atomic mass is 10.4. The van der Waals surface area contributed by atoms with E-state index in [1.54, 1.807) is 12.1 Å². The van der Waals surface area contributed by atoms with Crippen molar-refractivity contribution in [1.29, 1.82) is 0 Å². The Morgan fingerprint density at radius 1 is 1.29 bits per heavy atom. The summed E-state index contributed by atoms with van der Waals surface area (Å²) in [6.07, 6.45) is -0.467. The van der Waals surface area contributed by atoms with Crippen LogP contribution in [0.4, 0.5) is 0 Å². The summed E-state index contributed by atoms with van der Waals surface area (Å²) >= 11 is 0. The third kappa shape index (κ3) is 2.83. The highest BCUT2D eigenvalue weighted by Gasteiger charge is 2.15. The molecule has 4 nitrogen and oxygen atoms in total. The zero-order valence-corrected chi connectivity index (χ0v) is 8.53. The fourth-order valence-corrected chi connectivity index (χ4v) is 1.12. The fraction of sp³-hybridized carbons (Fsp3) is 0.600. The lowest BCUT2D eigenvalue weighted by molar-refractivity contribution is -0.151. The first-order valence-electron chi connectivity index (χ1n) is 4.74. The predicted molar refractivity (Wildman–Crippen MR) is 50.6 cm³/mol. The average molecular weight is 200 g/mol. The molecule has 0 amide bonds. The Hall–Kier alpha value is -0.840. The quantitative estimate of drug-likeness (QED) is 0.712. The van der Waals surface area contributed by atoms with Crippen molar-refractivity contribution in [3.8, 4) is 0 Å². The average Bonchev–Trinajstić information content (AvgIpc) is 2.65. The van der Waals surface area contributed by atoms with Crippen LogP contribution >= 0.6 is 0 Å². The topological polar surface area (TPSA) is 51.8 Å². The maximum Gasteiger partial charge on any atom is 0.217 e. The number of aliphatic hydroxyl groups is 1. The lowest BCUT2D eigenvalue weighted by Crippen LogP contribution is -2.07. The molecule has 0 aliphatic heterocycles. The molecule has 0 aliphatic rings. The maximum atomic E-state index is 8.82. The van der Waals surface area contributed by atoms with Gasteiger partial charge in [0.25, 0.3) is 0 Å². The minimum atomic E-state index is -0.467. The first-order chi connectivity index (χ1) is 6.81. The molecule has 0 fully saturated rings. The van der Waals surface area contributed by atoms with E-state index >= 15 is 0 Å². The molecule has 0 saturated heterocycles. The van der Waals surface area contributed by atoms with E-state index in [0.717, 1.165) is 0 Å². The van der Waals surface area contributed by atoms with Crippen molar-refractivity contribution in [3.63, 3.8) is 0 Å². The van der Waals surface area contributed by atoms with Crippen molar-refractivity contribution in [2.24, 2.45) is 0 Å². The Bertz CT molecular complexity index is 250. The third-order valence-corrected chi connectivity index (χ3v) is 1.71. The Morgan fingerprint density at radius 3 is 2.36 bits per heavy atom. The van der Waals surface area contributed by atoms with Crippen molar-refractivity contribution in [3.05, 3.63) is 23.7 Å². The summed E-state index contributed by atoms with van der Waals surface area (Å²) in [7, 11) is 0. The first-order valence-corrected chi connectivity index (χ1v) is 4.74. The molecule has 0 aromatic carbocycles. The summed E-state index contributed by atoms with van der Waals surface area (Å²) < 4.78 is 16.0. The molecular weight excluding hydrogens is 184 g/mol. The van der Waals surface area contributed by atoms with Crippen LogP contribution in [0, 0.1) is 0 Å². The van der Waals surface area contributed by atoms with E-state index < -0.39 is 6.29 Å². The van der Waals surface area contributed by atoms with Crippen LogP contribution in [-0.4, -0.2) is 18.3 Å². The summed E-state index contributed by atoms with van der Waals surface area (Å²) in [4.78, 5) is 0. The van der Waals surface area contributed by atoms with Crippen LogP contribution in [0.5, 0.6) is 0 Å². The van der Waals surface area contributed by atoms with E-state index in [9.17, 15) is 0 Å². The van der Waals surface area contributed by atoms with E-state index in [2.05, 4.69) is 0 Å². The standard InChI is InChI=1S/C10H16O4/c1-3-12-10(13-4-2)9-6-5-8(7-11)14-9/h5-6,10-11H,3-4,7H2,1-2H3. The molecule has 1 aromatic rings. The molecule has 0 spiro atoms. The minimum absolute atomic E-state index is 0.106. The molecule has 0 radical (unpaired) electrons. The van der Waals surface area contributed by atoms with Gasteiger partial charge in [0.05, 0.1) is 0 Å². The van der Waals surface area contributed by atoms with Crippen LogP contribution in [0.15, 0.2) is 16.5 Å². The number of aliphatic hydroxyl groups excluding tert-OH is 1. The molecule has 0 bridgehead atoms. The molecule has 0 saturated carbocycles. The molecule has 0 aliphatic carbocycles. The Balaban J connectivity index is 2.65. The van der Waals surface area contributed by atoms with Gasteiger partial charge in [-0.2, -0.15) is 0 Å². The molecule has 0 atom stereocenters. The Labute approximate surface area is 83.4 Å². The second-order valence-corrected chi connectivity index (χ2v) is 2.70. The largest absolute Gasteiger partial charge is 0.458 e. The van der Waals surface area contributed by atoms with Crippen LogP contribution < -0.4 is 0 Å². The molecule has 4 heteroatoms. The molecule has 80 valence electrons.